The first-order valence-electron chi connectivity index (χ1n) is 13.2. The van der Waals surface area contributed by atoms with Gasteiger partial charge in [0.05, 0.1) is 24.6 Å². The SMILES string of the molecule is Cc1ccc([C@@H](Oc2ccc(C(=O)N[C@H]3CCCN(C(=O)[C@H]4COC(=O)C4)C3)nc2)[C@H](C)NC(=O)C(F)(F)F)cc1. The molecule has 3 heterocycles. The van der Waals surface area contributed by atoms with Crippen LogP contribution in [-0.4, -0.2) is 71.5 Å². The van der Waals surface area contributed by atoms with Gasteiger partial charge in [0, 0.05) is 19.1 Å². The van der Waals surface area contributed by atoms with Crippen LogP contribution < -0.4 is 15.4 Å². The summed E-state index contributed by atoms with van der Waals surface area (Å²) in [4.78, 5) is 54.3. The summed E-state index contributed by atoms with van der Waals surface area (Å²) in [5, 5.41) is 4.81. The lowest BCUT2D eigenvalue weighted by molar-refractivity contribution is -0.174. The quantitative estimate of drug-likeness (QED) is 0.463. The number of likely N-dealkylation sites (tertiary alicyclic amines) is 1. The molecule has 0 unspecified atom stereocenters. The number of hydrogen-bond donors (Lipinski definition) is 2. The number of rotatable bonds is 8. The van der Waals surface area contributed by atoms with Crippen LogP contribution in [0.15, 0.2) is 42.6 Å². The van der Waals surface area contributed by atoms with E-state index in [2.05, 4.69) is 10.3 Å². The van der Waals surface area contributed by atoms with Crippen molar-refractivity contribution in [3.63, 3.8) is 0 Å². The topological polar surface area (TPSA) is 127 Å². The van der Waals surface area contributed by atoms with Crippen LogP contribution >= 0.6 is 0 Å². The predicted octanol–water partition coefficient (Wildman–Crippen LogP) is 2.86. The minimum absolute atomic E-state index is 0.0585. The van der Waals surface area contributed by atoms with Crippen LogP contribution in [-0.2, 0) is 19.1 Å². The number of amides is 3. The number of pyridine rings is 1. The summed E-state index contributed by atoms with van der Waals surface area (Å²) >= 11 is 0. The number of esters is 1. The van der Waals surface area contributed by atoms with E-state index in [1.165, 1.54) is 25.3 Å². The summed E-state index contributed by atoms with van der Waals surface area (Å²) in [6.07, 6.45) is -3.34. The molecule has 2 N–H and O–H groups in total. The lowest BCUT2D eigenvalue weighted by Crippen LogP contribution is -2.51. The molecule has 1 aromatic carbocycles. The summed E-state index contributed by atoms with van der Waals surface area (Å²) in [6, 6.07) is 8.47. The number of piperidine rings is 1. The Morgan fingerprint density at radius 2 is 1.88 bits per heavy atom. The van der Waals surface area contributed by atoms with Gasteiger partial charge >= 0.3 is 18.1 Å². The molecule has 10 nitrogen and oxygen atoms in total. The van der Waals surface area contributed by atoms with Crippen molar-refractivity contribution >= 4 is 23.7 Å². The molecule has 4 rings (SSSR count). The molecule has 2 aliphatic heterocycles. The van der Waals surface area contributed by atoms with Crippen molar-refractivity contribution in [2.24, 2.45) is 5.92 Å². The summed E-state index contributed by atoms with van der Waals surface area (Å²) in [6.45, 7) is 4.17. The minimum atomic E-state index is -5.05. The number of cyclic esters (lactones) is 1. The number of aryl methyl sites for hydroxylation is 1. The second kappa shape index (κ2) is 12.6. The summed E-state index contributed by atoms with van der Waals surface area (Å²) in [5.41, 5.74) is 1.56. The van der Waals surface area contributed by atoms with E-state index in [1.807, 2.05) is 12.2 Å². The number of carbonyl (C=O) groups excluding carboxylic acids is 4. The number of alkyl halides is 3. The van der Waals surface area contributed by atoms with Crippen LogP contribution in [0.25, 0.3) is 0 Å². The van der Waals surface area contributed by atoms with E-state index in [4.69, 9.17) is 9.47 Å². The molecule has 0 bridgehead atoms. The van der Waals surface area contributed by atoms with Crippen molar-refractivity contribution < 1.29 is 41.8 Å². The molecule has 2 aromatic rings. The number of aromatic nitrogens is 1. The Balaban J connectivity index is 1.39. The molecule has 0 spiro atoms. The molecule has 2 fully saturated rings. The van der Waals surface area contributed by atoms with Crippen LogP contribution in [0.5, 0.6) is 5.75 Å². The third-order valence-electron chi connectivity index (χ3n) is 6.98. The van der Waals surface area contributed by atoms with E-state index in [-0.39, 0.29) is 36.4 Å². The first kappa shape index (κ1) is 29.8. The molecule has 0 saturated carbocycles. The number of carbonyl (C=O) groups is 4. The van der Waals surface area contributed by atoms with E-state index in [0.717, 1.165) is 5.56 Å². The van der Waals surface area contributed by atoms with Crippen molar-refractivity contribution in [2.75, 3.05) is 19.7 Å². The van der Waals surface area contributed by atoms with Gasteiger partial charge in [0.25, 0.3) is 5.91 Å². The van der Waals surface area contributed by atoms with Gasteiger partial charge in [0.15, 0.2) is 0 Å². The van der Waals surface area contributed by atoms with Crippen LogP contribution in [0.1, 0.15) is 53.9 Å². The lowest BCUT2D eigenvalue weighted by Gasteiger charge is -2.34. The molecule has 4 atom stereocenters. The van der Waals surface area contributed by atoms with Gasteiger partial charge in [-0.1, -0.05) is 29.8 Å². The Morgan fingerprint density at radius 3 is 2.49 bits per heavy atom. The van der Waals surface area contributed by atoms with E-state index >= 15 is 0 Å². The van der Waals surface area contributed by atoms with Gasteiger partial charge in [-0.3, -0.25) is 19.2 Å². The van der Waals surface area contributed by atoms with Gasteiger partial charge in [0.1, 0.15) is 24.2 Å². The molecular formula is C28H31F3N4O6. The largest absolute Gasteiger partial charge is 0.482 e. The number of ether oxygens (including phenoxy) is 2. The fraction of sp³-hybridized carbons (Fsp3) is 0.464. The van der Waals surface area contributed by atoms with Crippen LogP contribution in [0.2, 0.25) is 0 Å². The zero-order chi connectivity index (χ0) is 29.7. The standard InChI is InChI=1S/C28H31F3N4O6/c1-16-5-7-18(8-6-16)24(17(2)33-27(39)28(29,30)31)41-21-9-10-22(32-13-21)25(37)34-20-4-3-11-35(14-20)26(38)19-12-23(36)40-15-19/h5-10,13,17,19-20,24H,3-4,11-12,14-15H2,1-2H3,(H,33,39)(H,34,37)/t17-,19+,20-,24-/m0/s1. The number of halogens is 3. The maximum absolute atomic E-state index is 12.9. The monoisotopic (exact) mass is 576 g/mol. The van der Waals surface area contributed by atoms with E-state index in [0.29, 0.717) is 31.5 Å². The predicted molar refractivity (Wildman–Crippen MR) is 139 cm³/mol. The third kappa shape index (κ3) is 7.74. The molecule has 3 amide bonds. The van der Waals surface area contributed by atoms with Gasteiger partial charge in [-0.2, -0.15) is 13.2 Å². The van der Waals surface area contributed by atoms with Crippen molar-refractivity contribution in [1.82, 2.24) is 20.5 Å². The first-order valence-corrected chi connectivity index (χ1v) is 13.2. The van der Waals surface area contributed by atoms with Gasteiger partial charge in [-0.15, -0.1) is 0 Å². The maximum Gasteiger partial charge on any atom is 0.471 e. The Labute approximate surface area is 234 Å². The van der Waals surface area contributed by atoms with Crippen molar-refractivity contribution in [3.05, 3.63) is 59.4 Å². The normalized spacial score (nSPS) is 20.5. The molecule has 1 aromatic heterocycles. The van der Waals surface area contributed by atoms with Gasteiger partial charge in [-0.05, 0) is 44.4 Å². The average molecular weight is 577 g/mol. The smallest absolute Gasteiger partial charge is 0.471 e. The average Bonchev–Trinajstić information content (AvgIpc) is 3.38. The maximum atomic E-state index is 12.9. The Bertz CT molecular complexity index is 1270. The molecule has 13 heteroatoms. The molecule has 41 heavy (non-hydrogen) atoms. The second-order valence-electron chi connectivity index (χ2n) is 10.3. The highest BCUT2D eigenvalue weighted by molar-refractivity contribution is 5.92. The van der Waals surface area contributed by atoms with Crippen molar-refractivity contribution in [2.45, 2.75) is 57.5 Å². The Kier molecular flexibility index (Phi) is 9.14. The molecule has 0 radical (unpaired) electrons. The molecular weight excluding hydrogens is 545 g/mol. The molecule has 220 valence electrons. The van der Waals surface area contributed by atoms with Gasteiger partial charge in [0.2, 0.25) is 5.91 Å². The molecule has 0 aliphatic carbocycles. The number of benzene rings is 1. The first-order chi connectivity index (χ1) is 19.4. The second-order valence-corrected chi connectivity index (χ2v) is 10.3. The summed E-state index contributed by atoms with van der Waals surface area (Å²) in [5.74, 6) is -3.42. The van der Waals surface area contributed by atoms with Crippen LogP contribution in [0.4, 0.5) is 13.2 Å². The van der Waals surface area contributed by atoms with Crippen LogP contribution in [0, 0.1) is 12.8 Å². The minimum Gasteiger partial charge on any atom is -0.482 e. The number of hydrogen-bond acceptors (Lipinski definition) is 7. The highest BCUT2D eigenvalue weighted by Gasteiger charge is 2.40. The lowest BCUT2D eigenvalue weighted by atomic mass is 10.0. The number of nitrogens with one attached hydrogen (secondary N) is 2. The number of nitrogens with zero attached hydrogens (tertiary/aromatic N) is 2. The van der Waals surface area contributed by atoms with Crippen molar-refractivity contribution in [1.29, 1.82) is 0 Å². The Hall–Kier alpha value is -4.16. The van der Waals surface area contributed by atoms with Gasteiger partial charge in [-0.25, -0.2) is 4.98 Å². The Morgan fingerprint density at radius 1 is 1.15 bits per heavy atom. The van der Waals surface area contributed by atoms with Crippen LogP contribution in [0.3, 0.4) is 0 Å². The van der Waals surface area contributed by atoms with E-state index in [1.54, 1.807) is 29.2 Å². The highest BCUT2D eigenvalue weighted by Crippen LogP contribution is 2.27. The zero-order valence-electron chi connectivity index (χ0n) is 22.6. The summed E-state index contributed by atoms with van der Waals surface area (Å²) < 4.78 is 49.4. The summed E-state index contributed by atoms with van der Waals surface area (Å²) in [7, 11) is 0. The fourth-order valence-corrected chi connectivity index (χ4v) is 4.79. The third-order valence-corrected chi connectivity index (χ3v) is 6.98. The fourth-order valence-electron chi connectivity index (χ4n) is 4.79. The zero-order valence-corrected chi connectivity index (χ0v) is 22.6. The van der Waals surface area contributed by atoms with Gasteiger partial charge < -0.3 is 25.0 Å². The van der Waals surface area contributed by atoms with E-state index in [9.17, 15) is 32.3 Å². The van der Waals surface area contributed by atoms with Crippen molar-refractivity contribution in [3.8, 4) is 5.75 Å². The molecule has 2 saturated heterocycles. The highest BCUT2D eigenvalue weighted by atomic mass is 19.4. The molecule has 2 aliphatic rings. The van der Waals surface area contributed by atoms with E-state index < -0.39 is 42.0 Å².